The van der Waals surface area contributed by atoms with Gasteiger partial charge in [0.2, 0.25) is 5.91 Å². The van der Waals surface area contributed by atoms with Gasteiger partial charge >= 0.3 is 0 Å². The standard InChI is InChI=1S/C12H26N2O/c1-5-8-10-14(4)11(9-6-2)12(15)13-7-3/h11H,5-10H2,1-4H3,(H,13,15). The predicted octanol–water partition coefficient (Wildman–Crippen LogP) is 2.02. The number of carbonyl (C=O) groups is 1. The van der Waals surface area contributed by atoms with E-state index in [9.17, 15) is 4.79 Å². The van der Waals surface area contributed by atoms with Crippen LogP contribution >= 0.6 is 0 Å². The van der Waals surface area contributed by atoms with Gasteiger partial charge in [-0.25, -0.2) is 0 Å². The minimum absolute atomic E-state index is 0.0569. The van der Waals surface area contributed by atoms with E-state index in [4.69, 9.17) is 0 Å². The molecule has 15 heavy (non-hydrogen) atoms. The average Bonchev–Trinajstić information content (AvgIpc) is 2.22. The molecule has 0 heterocycles. The first-order chi connectivity index (χ1) is 7.17. The minimum atomic E-state index is 0.0569. The molecule has 0 aromatic carbocycles. The Labute approximate surface area is 94.2 Å². The molecule has 0 aliphatic heterocycles. The molecule has 0 aliphatic rings. The van der Waals surface area contributed by atoms with Crippen molar-refractivity contribution in [1.82, 2.24) is 10.2 Å². The van der Waals surface area contributed by atoms with E-state index >= 15 is 0 Å². The number of unbranched alkanes of at least 4 members (excludes halogenated alkanes) is 1. The van der Waals surface area contributed by atoms with E-state index < -0.39 is 0 Å². The zero-order valence-corrected chi connectivity index (χ0v) is 10.7. The molecule has 90 valence electrons. The number of likely N-dealkylation sites (N-methyl/N-ethyl adjacent to an activating group) is 2. The Balaban J connectivity index is 4.16. The van der Waals surface area contributed by atoms with Gasteiger partial charge in [-0.3, -0.25) is 9.69 Å². The van der Waals surface area contributed by atoms with E-state index in [1.165, 1.54) is 6.42 Å². The highest BCUT2D eigenvalue weighted by atomic mass is 16.2. The number of hydrogen-bond donors (Lipinski definition) is 1. The Hall–Kier alpha value is -0.570. The van der Waals surface area contributed by atoms with Crippen LogP contribution in [0.2, 0.25) is 0 Å². The lowest BCUT2D eigenvalue weighted by atomic mass is 10.1. The first kappa shape index (κ1) is 14.4. The highest BCUT2D eigenvalue weighted by molar-refractivity contribution is 5.81. The van der Waals surface area contributed by atoms with Crippen molar-refractivity contribution in [3.8, 4) is 0 Å². The third-order valence-electron chi connectivity index (χ3n) is 2.61. The summed E-state index contributed by atoms with van der Waals surface area (Å²) >= 11 is 0. The van der Waals surface area contributed by atoms with Crippen LogP contribution < -0.4 is 5.32 Å². The van der Waals surface area contributed by atoms with Crippen molar-refractivity contribution in [3.05, 3.63) is 0 Å². The maximum atomic E-state index is 11.8. The van der Waals surface area contributed by atoms with E-state index in [1.807, 2.05) is 14.0 Å². The van der Waals surface area contributed by atoms with E-state index in [0.29, 0.717) is 0 Å². The summed E-state index contributed by atoms with van der Waals surface area (Å²) in [6, 6.07) is 0.0569. The molecule has 1 N–H and O–H groups in total. The average molecular weight is 214 g/mol. The van der Waals surface area contributed by atoms with Crippen molar-refractivity contribution in [1.29, 1.82) is 0 Å². The SMILES string of the molecule is CCCCN(C)C(CCC)C(=O)NCC. The maximum absolute atomic E-state index is 11.8. The lowest BCUT2D eigenvalue weighted by molar-refractivity contribution is -0.126. The van der Waals surface area contributed by atoms with E-state index in [0.717, 1.165) is 32.4 Å². The van der Waals surface area contributed by atoms with Crippen LogP contribution in [0.25, 0.3) is 0 Å². The van der Waals surface area contributed by atoms with Gasteiger partial charge in [0.25, 0.3) is 0 Å². The molecular weight excluding hydrogens is 188 g/mol. The van der Waals surface area contributed by atoms with E-state index in [1.54, 1.807) is 0 Å². The van der Waals surface area contributed by atoms with Gasteiger partial charge in [-0.05, 0) is 33.4 Å². The van der Waals surface area contributed by atoms with Gasteiger partial charge in [-0.2, -0.15) is 0 Å². The summed E-state index contributed by atoms with van der Waals surface area (Å²) in [6.07, 6.45) is 4.35. The molecule has 0 spiro atoms. The highest BCUT2D eigenvalue weighted by Crippen LogP contribution is 2.06. The molecule has 0 rings (SSSR count). The van der Waals surface area contributed by atoms with Crippen molar-refractivity contribution in [2.45, 2.75) is 52.5 Å². The predicted molar refractivity (Wildman–Crippen MR) is 64.9 cm³/mol. The summed E-state index contributed by atoms with van der Waals surface area (Å²) < 4.78 is 0. The monoisotopic (exact) mass is 214 g/mol. The zero-order chi connectivity index (χ0) is 11.7. The summed E-state index contributed by atoms with van der Waals surface area (Å²) in [5.74, 6) is 0.179. The number of hydrogen-bond acceptors (Lipinski definition) is 2. The molecule has 0 saturated heterocycles. The van der Waals surface area contributed by atoms with Gasteiger partial charge in [0.1, 0.15) is 0 Å². The van der Waals surface area contributed by atoms with Crippen molar-refractivity contribution in [2.75, 3.05) is 20.1 Å². The second kappa shape index (κ2) is 8.72. The molecule has 3 heteroatoms. The van der Waals surface area contributed by atoms with Crippen LogP contribution in [-0.4, -0.2) is 37.0 Å². The smallest absolute Gasteiger partial charge is 0.237 e. The van der Waals surface area contributed by atoms with Crippen molar-refractivity contribution in [2.24, 2.45) is 0 Å². The topological polar surface area (TPSA) is 32.3 Å². The Morgan fingerprint density at radius 3 is 2.40 bits per heavy atom. The van der Waals surface area contributed by atoms with Crippen molar-refractivity contribution in [3.63, 3.8) is 0 Å². The van der Waals surface area contributed by atoms with Crippen LogP contribution in [0.15, 0.2) is 0 Å². The summed E-state index contributed by atoms with van der Waals surface area (Å²) in [6.45, 7) is 8.00. The molecule has 0 radical (unpaired) electrons. The molecule has 0 aromatic rings. The first-order valence-electron chi connectivity index (χ1n) is 6.15. The largest absolute Gasteiger partial charge is 0.355 e. The molecule has 1 atom stereocenters. The van der Waals surface area contributed by atoms with Crippen LogP contribution in [-0.2, 0) is 4.79 Å². The van der Waals surface area contributed by atoms with Gasteiger partial charge in [0.15, 0.2) is 0 Å². The number of carbonyl (C=O) groups excluding carboxylic acids is 1. The molecule has 0 saturated carbocycles. The third kappa shape index (κ3) is 5.78. The quantitative estimate of drug-likeness (QED) is 0.670. The van der Waals surface area contributed by atoms with E-state index in [-0.39, 0.29) is 11.9 Å². The van der Waals surface area contributed by atoms with Gasteiger partial charge in [-0.1, -0.05) is 26.7 Å². The second-order valence-electron chi connectivity index (χ2n) is 4.03. The second-order valence-corrected chi connectivity index (χ2v) is 4.03. The number of nitrogens with one attached hydrogen (secondary N) is 1. The van der Waals surface area contributed by atoms with Gasteiger partial charge < -0.3 is 5.32 Å². The summed E-state index contributed by atoms with van der Waals surface area (Å²) in [4.78, 5) is 14.0. The fraction of sp³-hybridized carbons (Fsp3) is 0.917. The number of nitrogens with zero attached hydrogens (tertiary/aromatic N) is 1. The summed E-state index contributed by atoms with van der Waals surface area (Å²) in [5.41, 5.74) is 0. The van der Waals surface area contributed by atoms with Crippen LogP contribution in [0.3, 0.4) is 0 Å². The molecule has 1 amide bonds. The van der Waals surface area contributed by atoms with E-state index in [2.05, 4.69) is 24.1 Å². The van der Waals surface area contributed by atoms with Crippen LogP contribution in [0.1, 0.15) is 46.5 Å². The lowest BCUT2D eigenvalue weighted by Crippen LogP contribution is -2.45. The number of amides is 1. The minimum Gasteiger partial charge on any atom is -0.355 e. The molecular formula is C12H26N2O. The van der Waals surface area contributed by atoms with Crippen molar-refractivity contribution >= 4 is 5.91 Å². The maximum Gasteiger partial charge on any atom is 0.237 e. The van der Waals surface area contributed by atoms with Gasteiger partial charge in [0, 0.05) is 6.54 Å². The number of rotatable bonds is 8. The fourth-order valence-electron chi connectivity index (χ4n) is 1.68. The Kier molecular flexibility index (Phi) is 8.38. The normalized spacial score (nSPS) is 12.9. The molecule has 1 unspecified atom stereocenters. The Morgan fingerprint density at radius 2 is 1.93 bits per heavy atom. The molecule has 0 aromatic heterocycles. The van der Waals surface area contributed by atoms with Crippen LogP contribution in [0.4, 0.5) is 0 Å². The first-order valence-corrected chi connectivity index (χ1v) is 6.15. The molecule has 3 nitrogen and oxygen atoms in total. The van der Waals surface area contributed by atoms with Crippen LogP contribution in [0.5, 0.6) is 0 Å². The van der Waals surface area contributed by atoms with Crippen LogP contribution in [0, 0.1) is 0 Å². The Bertz CT molecular complexity index is 171. The molecule has 0 bridgehead atoms. The summed E-state index contributed by atoms with van der Waals surface area (Å²) in [5, 5.41) is 2.91. The van der Waals surface area contributed by atoms with Gasteiger partial charge in [0.05, 0.1) is 6.04 Å². The summed E-state index contributed by atoms with van der Waals surface area (Å²) in [7, 11) is 2.05. The Morgan fingerprint density at radius 1 is 1.27 bits per heavy atom. The fourth-order valence-corrected chi connectivity index (χ4v) is 1.68. The van der Waals surface area contributed by atoms with Crippen molar-refractivity contribution < 1.29 is 4.79 Å². The van der Waals surface area contributed by atoms with Gasteiger partial charge in [-0.15, -0.1) is 0 Å². The zero-order valence-electron chi connectivity index (χ0n) is 10.7. The third-order valence-corrected chi connectivity index (χ3v) is 2.61. The lowest BCUT2D eigenvalue weighted by Gasteiger charge is -2.26. The molecule has 0 aliphatic carbocycles. The molecule has 0 fully saturated rings. The highest BCUT2D eigenvalue weighted by Gasteiger charge is 2.20.